The SMILES string of the molecule is COc1cc(C)c(Br)c2c1[C@H](CCO)CCN2C(=O)OC(C)(C)C. The second-order valence-electron chi connectivity index (χ2n) is 7.10. The van der Waals surface area contributed by atoms with Crippen LogP contribution in [0.4, 0.5) is 10.5 Å². The minimum Gasteiger partial charge on any atom is -0.496 e. The Morgan fingerprint density at radius 1 is 1.46 bits per heavy atom. The summed E-state index contributed by atoms with van der Waals surface area (Å²) in [6.45, 7) is 8.20. The number of methoxy groups -OCH3 is 1. The van der Waals surface area contributed by atoms with Crippen molar-refractivity contribution in [3.63, 3.8) is 0 Å². The molecule has 0 spiro atoms. The summed E-state index contributed by atoms with van der Waals surface area (Å²) in [6.07, 6.45) is 1.04. The molecule has 0 bridgehead atoms. The van der Waals surface area contributed by atoms with Crippen molar-refractivity contribution in [3.8, 4) is 5.75 Å². The molecule has 1 aliphatic heterocycles. The van der Waals surface area contributed by atoms with E-state index in [0.29, 0.717) is 13.0 Å². The maximum Gasteiger partial charge on any atom is 0.414 e. The van der Waals surface area contributed by atoms with Crippen molar-refractivity contribution < 1.29 is 19.4 Å². The van der Waals surface area contributed by atoms with E-state index in [1.807, 2.05) is 33.8 Å². The number of aliphatic hydroxyl groups excluding tert-OH is 1. The van der Waals surface area contributed by atoms with Crippen LogP contribution in [0.25, 0.3) is 0 Å². The zero-order valence-electron chi connectivity index (χ0n) is 15.0. The number of rotatable bonds is 3. The van der Waals surface area contributed by atoms with Crippen LogP contribution >= 0.6 is 15.9 Å². The zero-order valence-corrected chi connectivity index (χ0v) is 16.6. The first-order valence-corrected chi connectivity index (χ1v) is 8.97. The Hall–Kier alpha value is -1.27. The number of amides is 1. The fourth-order valence-corrected chi connectivity index (χ4v) is 3.61. The lowest BCUT2D eigenvalue weighted by molar-refractivity contribution is 0.0576. The number of benzene rings is 1. The van der Waals surface area contributed by atoms with Gasteiger partial charge in [0.25, 0.3) is 0 Å². The Labute approximate surface area is 152 Å². The zero-order chi connectivity index (χ0) is 18.1. The van der Waals surface area contributed by atoms with Crippen LogP contribution in [0.3, 0.4) is 0 Å². The highest BCUT2D eigenvalue weighted by molar-refractivity contribution is 9.10. The number of halogens is 1. The molecule has 1 aliphatic rings. The molecule has 1 amide bonds. The predicted molar refractivity (Wildman–Crippen MR) is 98.1 cm³/mol. The molecule has 0 aromatic heterocycles. The van der Waals surface area contributed by atoms with Crippen molar-refractivity contribution >= 4 is 27.7 Å². The lowest BCUT2D eigenvalue weighted by Gasteiger charge is -2.37. The van der Waals surface area contributed by atoms with E-state index in [4.69, 9.17) is 9.47 Å². The molecular formula is C18H26BrNO4. The number of hydrogen-bond acceptors (Lipinski definition) is 4. The van der Waals surface area contributed by atoms with Gasteiger partial charge in [0.05, 0.1) is 12.8 Å². The number of fused-ring (bicyclic) bond motifs is 1. The number of nitrogens with zero attached hydrogens (tertiary/aromatic N) is 1. The van der Waals surface area contributed by atoms with Gasteiger partial charge in [-0.05, 0) is 74.0 Å². The molecule has 134 valence electrons. The Morgan fingerprint density at radius 3 is 2.67 bits per heavy atom. The first kappa shape index (κ1) is 19.1. The van der Waals surface area contributed by atoms with E-state index in [-0.39, 0.29) is 18.6 Å². The average molecular weight is 400 g/mol. The van der Waals surface area contributed by atoms with Gasteiger partial charge in [0, 0.05) is 23.2 Å². The van der Waals surface area contributed by atoms with Gasteiger partial charge in [-0.25, -0.2) is 4.79 Å². The fourth-order valence-electron chi connectivity index (χ4n) is 3.07. The van der Waals surface area contributed by atoms with Gasteiger partial charge >= 0.3 is 6.09 Å². The summed E-state index contributed by atoms with van der Waals surface area (Å²) in [5, 5.41) is 9.40. The Bertz CT molecular complexity index is 624. The summed E-state index contributed by atoms with van der Waals surface area (Å²) in [6, 6.07) is 1.96. The molecule has 1 atom stereocenters. The molecule has 0 aliphatic carbocycles. The molecule has 1 aromatic rings. The lowest BCUT2D eigenvalue weighted by Crippen LogP contribution is -2.41. The maximum absolute atomic E-state index is 12.7. The molecule has 0 fully saturated rings. The highest BCUT2D eigenvalue weighted by Crippen LogP contribution is 2.48. The van der Waals surface area contributed by atoms with Crippen LogP contribution < -0.4 is 9.64 Å². The number of anilines is 1. The number of aryl methyl sites for hydroxylation is 1. The molecule has 1 aromatic carbocycles. The molecule has 2 rings (SSSR count). The largest absolute Gasteiger partial charge is 0.496 e. The van der Waals surface area contributed by atoms with E-state index in [2.05, 4.69) is 15.9 Å². The van der Waals surface area contributed by atoms with Crippen LogP contribution in [0.5, 0.6) is 5.75 Å². The van der Waals surface area contributed by atoms with Gasteiger partial charge in [0.15, 0.2) is 0 Å². The molecule has 24 heavy (non-hydrogen) atoms. The molecule has 1 N–H and O–H groups in total. The molecule has 0 radical (unpaired) electrons. The van der Waals surface area contributed by atoms with Gasteiger partial charge < -0.3 is 14.6 Å². The van der Waals surface area contributed by atoms with Crippen LogP contribution in [0.1, 0.15) is 50.7 Å². The Kier molecular flexibility index (Phi) is 5.81. The molecule has 0 saturated heterocycles. The standard InChI is InChI=1S/C18H26BrNO4/c1-11-10-13(23-5)14-12(7-9-21)6-8-20(16(14)15(11)19)17(22)24-18(2,3)4/h10,12,21H,6-9H2,1-5H3/t12-/m0/s1. The van der Waals surface area contributed by atoms with E-state index in [1.54, 1.807) is 12.0 Å². The van der Waals surface area contributed by atoms with E-state index < -0.39 is 5.60 Å². The van der Waals surface area contributed by atoms with Gasteiger partial charge in [-0.2, -0.15) is 0 Å². The predicted octanol–water partition coefficient (Wildman–Crippen LogP) is 4.38. The van der Waals surface area contributed by atoms with E-state index in [9.17, 15) is 9.90 Å². The van der Waals surface area contributed by atoms with Crippen molar-refractivity contribution in [2.24, 2.45) is 0 Å². The second kappa shape index (κ2) is 7.31. The van der Waals surface area contributed by atoms with Gasteiger partial charge in [-0.1, -0.05) is 0 Å². The third-order valence-electron chi connectivity index (χ3n) is 4.11. The smallest absolute Gasteiger partial charge is 0.414 e. The summed E-state index contributed by atoms with van der Waals surface area (Å²) >= 11 is 3.63. The van der Waals surface area contributed by atoms with E-state index >= 15 is 0 Å². The number of carbonyl (C=O) groups excluding carboxylic acids is 1. The number of hydrogen-bond donors (Lipinski definition) is 1. The van der Waals surface area contributed by atoms with Crippen LogP contribution in [-0.2, 0) is 4.74 Å². The van der Waals surface area contributed by atoms with Gasteiger partial charge in [0.2, 0.25) is 0 Å². The third kappa shape index (κ3) is 3.86. The molecule has 6 heteroatoms. The first-order chi connectivity index (χ1) is 11.2. The van der Waals surface area contributed by atoms with Crippen molar-refractivity contribution in [3.05, 3.63) is 21.7 Å². The monoisotopic (exact) mass is 399 g/mol. The van der Waals surface area contributed by atoms with E-state index in [1.165, 1.54) is 0 Å². The minimum absolute atomic E-state index is 0.102. The average Bonchev–Trinajstić information content (AvgIpc) is 2.49. The highest BCUT2D eigenvalue weighted by Gasteiger charge is 2.35. The normalized spacial score (nSPS) is 17.5. The molecule has 0 saturated carbocycles. The molecule has 1 heterocycles. The van der Waals surface area contributed by atoms with Gasteiger partial charge in [-0.15, -0.1) is 0 Å². The van der Waals surface area contributed by atoms with Crippen LogP contribution in [0.15, 0.2) is 10.5 Å². The Balaban J connectivity index is 2.56. The summed E-state index contributed by atoms with van der Waals surface area (Å²) in [4.78, 5) is 14.4. The quantitative estimate of drug-likeness (QED) is 0.818. The first-order valence-electron chi connectivity index (χ1n) is 8.18. The summed E-state index contributed by atoms with van der Waals surface area (Å²) in [5.74, 6) is 0.896. The Morgan fingerprint density at radius 2 is 2.12 bits per heavy atom. The van der Waals surface area contributed by atoms with Gasteiger partial charge in [0.1, 0.15) is 11.4 Å². The number of ether oxygens (including phenoxy) is 2. The molecule has 5 nitrogen and oxygen atoms in total. The number of carbonyl (C=O) groups is 1. The third-order valence-corrected chi connectivity index (χ3v) is 5.11. The second-order valence-corrected chi connectivity index (χ2v) is 7.89. The molecular weight excluding hydrogens is 374 g/mol. The summed E-state index contributed by atoms with van der Waals surface area (Å²) in [7, 11) is 1.63. The van der Waals surface area contributed by atoms with Crippen molar-refractivity contribution in [1.82, 2.24) is 0 Å². The number of aliphatic hydroxyl groups is 1. The van der Waals surface area contributed by atoms with Crippen molar-refractivity contribution in [2.75, 3.05) is 25.2 Å². The topological polar surface area (TPSA) is 59.0 Å². The summed E-state index contributed by atoms with van der Waals surface area (Å²) in [5.41, 5.74) is 2.19. The van der Waals surface area contributed by atoms with Crippen LogP contribution in [0, 0.1) is 6.92 Å². The van der Waals surface area contributed by atoms with E-state index in [0.717, 1.165) is 33.5 Å². The van der Waals surface area contributed by atoms with Crippen molar-refractivity contribution in [2.45, 2.75) is 52.1 Å². The van der Waals surface area contributed by atoms with Crippen molar-refractivity contribution in [1.29, 1.82) is 0 Å². The minimum atomic E-state index is -0.556. The maximum atomic E-state index is 12.7. The van der Waals surface area contributed by atoms with Crippen LogP contribution in [0.2, 0.25) is 0 Å². The van der Waals surface area contributed by atoms with Crippen LogP contribution in [-0.4, -0.2) is 37.1 Å². The van der Waals surface area contributed by atoms with Gasteiger partial charge in [-0.3, -0.25) is 4.90 Å². The highest BCUT2D eigenvalue weighted by atomic mass is 79.9. The molecule has 0 unspecified atom stereocenters. The summed E-state index contributed by atoms with van der Waals surface area (Å²) < 4.78 is 12.0. The lowest BCUT2D eigenvalue weighted by atomic mass is 9.86. The fraction of sp³-hybridized carbons (Fsp3) is 0.611.